The predicted octanol–water partition coefficient (Wildman–Crippen LogP) is 6.27. The van der Waals surface area contributed by atoms with E-state index in [1.54, 1.807) is 24.3 Å². The molecule has 0 aliphatic carbocycles. The number of esters is 1. The van der Waals surface area contributed by atoms with Crippen molar-refractivity contribution in [1.29, 1.82) is 0 Å². The molecule has 6 nitrogen and oxygen atoms in total. The van der Waals surface area contributed by atoms with Gasteiger partial charge in [0.2, 0.25) is 0 Å². The normalized spacial score (nSPS) is 13.5. The van der Waals surface area contributed by atoms with Crippen molar-refractivity contribution in [2.75, 3.05) is 10.2 Å². The first-order chi connectivity index (χ1) is 16.2. The van der Waals surface area contributed by atoms with Crippen LogP contribution in [0.25, 0.3) is 0 Å². The van der Waals surface area contributed by atoms with Crippen molar-refractivity contribution in [1.82, 2.24) is 0 Å². The van der Waals surface area contributed by atoms with Crippen molar-refractivity contribution in [2.24, 2.45) is 0 Å². The Balaban J connectivity index is 1.51. The number of hydrogen-bond acceptors (Lipinski definition) is 5. The van der Waals surface area contributed by atoms with Gasteiger partial charge in [-0.2, -0.15) is 0 Å². The molecule has 0 saturated heterocycles. The number of anilines is 2. The molecule has 1 aliphatic heterocycles. The summed E-state index contributed by atoms with van der Waals surface area (Å²) in [6, 6.07) is 16.3. The zero-order valence-corrected chi connectivity index (χ0v) is 20.3. The van der Waals surface area contributed by atoms with Gasteiger partial charge in [0.25, 0.3) is 11.8 Å². The van der Waals surface area contributed by atoms with Gasteiger partial charge < -0.3 is 10.1 Å². The summed E-state index contributed by atoms with van der Waals surface area (Å²) in [4.78, 5) is 39.0. The van der Waals surface area contributed by atoms with E-state index in [-0.39, 0.29) is 21.4 Å². The summed E-state index contributed by atoms with van der Waals surface area (Å²) in [5.41, 5.74) is 2.58. The third kappa shape index (κ3) is 4.66. The Morgan fingerprint density at radius 3 is 2.29 bits per heavy atom. The van der Waals surface area contributed by atoms with Crippen LogP contribution in [-0.4, -0.2) is 17.8 Å². The van der Waals surface area contributed by atoms with E-state index in [2.05, 4.69) is 5.32 Å². The molecule has 3 aromatic carbocycles. The number of rotatable bonds is 5. The van der Waals surface area contributed by atoms with Gasteiger partial charge in [0.05, 0.1) is 16.3 Å². The maximum Gasteiger partial charge on any atom is 0.343 e. The van der Waals surface area contributed by atoms with E-state index in [0.29, 0.717) is 22.0 Å². The molecule has 172 valence electrons. The fourth-order valence-corrected chi connectivity index (χ4v) is 3.88. The molecule has 4 rings (SSSR count). The SMILES string of the molecule is Cc1ccc(C)c(OC(=O)c2ccc(NC3=C(Cl)C(=O)N(c4cc(Cl)ccc4Cl)C3=O)cc2)c1. The summed E-state index contributed by atoms with van der Waals surface area (Å²) >= 11 is 18.3. The number of benzene rings is 3. The van der Waals surface area contributed by atoms with Crippen LogP contribution in [0.5, 0.6) is 5.75 Å². The highest BCUT2D eigenvalue weighted by Crippen LogP contribution is 2.35. The minimum absolute atomic E-state index is 0.117. The lowest BCUT2D eigenvalue weighted by atomic mass is 10.1. The smallest absolute Gasteiger partial charge is 0.343 e. The fourth-order valence-electron chi connectivity index (χ4n) is 3.30. The van der Waals surface area contributed by atoms with E-state index in [9.17, 15) is 14.4 Å². The van der Waals surface area contributed by atoms with Crippen molar-refractivity contribution in [3.63, 3.8) is 0 Å². The molecule has 1 N–H and O–H groups in total. The summed E-state index contributed by atoms with van der Waals surface area (Å²) in [5.74, 6) is -1.45. The quantitative estimate of drug-likeness (QED) is 0.246. The van der Waals surface area contributed by atoms with E-state index in [0.717, 1.165) is 16.0 Å². The van der Waals surface area contributed by atoms with Crippen LogP contribution in [0, 0.1) is 13.8 Å². The monoisotopic (exact) mass is 514 g/mol. The Kier molecular flexibility index (Phi) is 6.66. The topological polar surface area (TPSA) is 75.7 Å². The second-order valence-electron chi connectivity index (χ2n) is 7.59. The highest BCUT2D eigenvalue weighted by molar-refractivity contribution is 6.54. The third-order valence-electron chi connectivity index (χ3n) is 5.11. The molecule has 0 atom stereocenters. The van der Waals surface area contributed by atoms with Crippen molar-refractivity contribution in [2.45, 2.75) is 13.8 Å². The number of ether oxygens (including phenoxy) is 1. The first kappa shape index (κ1) is 23.8. The molecule has 0 fully saturated rings. The van der Waals surface area contributed by atoms with E-state index in [1.165, 1.54) is 24.3 Å². The van der Waals surface area contributed by atoms with Gasteiger partial charge in [-0.05, 0) is 73.5 Å². The molecular formula is C25H17Cl3N2O4. The van der Waals surface area contributed by atoms with Gasteiger partial charge in [0.1, 0.15) is 16.5 Å². The Bertz CT molecular complexity index is 1370. The number of amides is 2. The van der Waals surface area contributed by atoms with Crippen LogP contribution >= 0.6 is 34.8 Å². The van der Waals surface area contributed by atoms with Crippen LogP contribution in [-0.2, 0) is 9.59 Å². The van der Waals surface area contributed by atoms with Crippen molar-refractivity contribution < 1.29 is 19.1 Å². The molecule has 1 aliphatic rings. The lowest BCUT2D eigenvalue weighted by Crippen LogP contribution is -2.32. The van der Waals surface area contributed by atoms with Crippen LogP contribution in [0.3, 0.4) is 0 Å². The standard InChI is InChI=1S/C25H17Cl3N2O4/c1-13-3-4-14(2)20(11-13)34-25(33)15-5-8-17(9-6-15)29-22-21(28)23(31)30(24(22)32)19-12-16(26)7-10-18(19)27/h3-12,29H,1-2H3. The number of carbonyl (C=O) groups is 3. The number of aryl methyl sites for hydroxylation is 2. The van der Waals surface area contributed by atoms with Crippen LogP contribution in [0.15, 0.2) is 71.4 Å². The second-order valence-corrected chi connectivity index (χ2v) is 8.81. The molecule has 1 heterocycles. The van der Waals surface area contributed by atoms with Gasteiger partial charge in [-0.1, -0.05) is 46.9 Å². The minimum Gasteiger partial charge on any atom is -0.423 e. The van der Waals surface area contributed by atoms with Gasteiger partial charge in [0, 0.05) is 10.7 Å². The van der Waals surface area contributed by atoms with Crippen molar-refractivity contribution in [3.05, 3.63) is 98.1 Å². The molecule has 0 bridgehead atoms. The molecule has 0 spiro atoms. The van der Waals surface area contributed by atoms with Gasteiger partial charge in [-0.25, -0.2) is 9.69 Å². The van der Waals surface area contributed by atoms with Crippen LogP contribution in [0.1, 0.15) is 21.5 Å². The summed E-state index contributed by atoms with van der Waals surface area (Å²) in [7, 11) is 0. The molecule has 0 aromatic heterocycles. The summed E-state index contributed by atoms with van der Waals surface area (Å²) in [6.07, 6.45) is 0. The molecule has 0 saturated carbocycles. The van der Waals surface area contributed by atoms with Gasteiger partial charge in [0.15, 0.2) is 0 Å². The average Bonchev–Trinajstić information content (AvgIpc) is 3.01. The first-order valence-corrected chi connectivity index (χ1v) is 11.2. The molecule has 0 unspecified atom stereocenters. The second kappa shape index (κ2) is 9.50. The molecule has 9 heteroatoms. The molecule has 34 heavy (non-hydrogen) atoms. The van der Waals surface area contributed by atoms with Gasteiger partial charge in [-0.15, -0.1) is 0 Å². The Morgan fingerprint density at radius 2 is 1.59 bits per heavy atom. The number of nitrogens with zero attached hydrogens (tertiary/aromatic N) is 1. The summed E-state index contributed by atoms with van der Waals surface area (Å²) in [6.45, 7) is 3.76. The fraction of sp³-hybridized carbons (Fsp3) is 0.0800. The maximum atomic E-state index is 13.0. The molecule has 3 aromatic rings. The lowest BCUT2D eigenvalue weighted by molar-refractivity contribution is -0.120. The van der Waals surface area contributed by atoms with Crippen LogP contribution < -0.4 is 15.0 Å². The number of halogens is 3. The molecular weight excluding hydrogens is 499 g/mol. The Hall–Kier alpha value is -3.32. The van der Waals surface area contributed by atoms with E-state index in [1.807, 2.05) is 26.0 Å². The third-order valence-corrected chi connectivity index (χ3v) is 6.02. The van der Waals surface area contributed by atoms with Crippen molar-refractivity contribution >= 4 is 64.0 Å². The van der Waals surface area contributed by atoms with Crippen molar-refractivity contribution in [3.8, 4) is 5.75 Å². The van der Waals surface area contributed by atoms with Gasteiger partial charge >= 0.3 is 5.97 Å². The number of carbonyl (C=O) groups excluding carboxylic acids is 3. The first-order valence-electron chi connectivity index (χ1n) is 10.1. The van der Waals surface area contributed by atoms with E-state index in [4.69, 9.17) is 39.5 Å². The number of imide groups is 1. The summed E-state index contributed by atoms with van der Waals surface area (Å²) in [5, 5.41) is 3.03. The van der Waals surface area contributed by atoms with Gasteiger partial charge in [-0.3, -0.25) is 9.59 Å². The maximum absolute atomic E-state index is 13.0. The molecule has 2 amide bonds. The van der Waals surface area contributed by atoms with Crippen LogP contribution in [0.4, 0.5) is 11.4 Å². The molecule has 0 radical (unpaired) electrons. The Morgan fingerprint density at radius 1 is 0.882 bits per heavy atom. The zero-order valence-electron chi connectivity index (χ0n) is 18.0. The largest absolute Gasteiger partial charge is 0.423 e. The van der Waals surface area contributed by atoms with E-state index < -0.39 is 17.8 Å². The number of hydrogen-bond donors (Lipinski definition) is 1. The average molecular weight is 516 g/mol. The lowest BCUT2D eigenvalue weighted by Gasteiger charge is -2.17. The van der Waals surface area contributed by atoms with Crippen LogP contribution in [0.2, 0.25) is 10.0 Å². The highest BCUT2D eigenvalue weighted by Gasteiger charge is 2.40. The minimum atomic E-state index is -0.730. The zero-order chi connectivity index (χ0) is 24.6. The number of nitrogens with one attached hydrogen (secondary N) is 1. The predicted molar refractivity (Wildman–Crippen MR) is 133 cm³/mol. The Labute approximate surface area is 210 Å². The summed E-state index contributed by atoms with van der Waals surface area (Å²) < 4.78 is 5.50. The van der Waals surface area contributed by atoms with E-state index >= 15 is 0 Å². The highest BCUT2D eigenvalue weighted by atomic mass is 35.5.